The molecular formula is C12H15ClN2O2. The average Bonchev–Trinajstić information content (AvgIpc) is 2.28. The number of likely N-dealkylation sites (N-methyl/N-ethyl adjacent to an activating group) is 2. The fourth-order valence-electron chi connectivity index (χ4n) is 1.40. The summed E-state index contributed by atoms with van der Waals surface area (Å²) in [5, 5.41) is 0.390. The largest absolute Gasteiger partial charge is 0.365 e. The molecule has 0 radical (unpaired) electrons. The van der Waals surface area contributed by atoms with Gasteiger partial charge in [0.25, 0.3) is 0 Å². The first-order valence-electron chi connectivity index (χ1n) is 5.12. The maximum atomic E-state index is 11.6. The molecule has 0 fully saturated rings. The van der Waals surface area contributed by atoms with Crippen molar-refractivity contribution in [2.45, 2.75) is 0 Å². The Balaban J connectivity index is 2.96. The number of aldehydes is 1. The molecule has 0 saturated carbocycles. The molecule has 0 aliphatic heterocycles. The SMILES string of the molecule is CN(C)C(=O)CN(C)c1cccc(Cl)c1C=O. The van der Waals surface area contributed by atoms with Crippen molar-refractivity contribution in [1.29, 1.82) is 0 Å². The molecule has 0 aliphatic rings. The van der Waals surface area contributed by atoms with Crippen molar-refractivity contribution in [2.24, 2.45) is 0 Å². The van der Waals surface area contributed by atoms with Crippen LogP contribution in [0.1, 0.15) is 10.4 Å². The number of hydrogen-bond donors (Lipinski definition) is 0. The van der Waals surface area contributed by atoms with Gasteiger partial charge in [0, 0.05) is 26.8 Å². The van der Waals surface area contributed by atoms with E-state index in [1.54, 1.807) is 44.2 Å². The Morgan fingerprint density at radius 2 is 2.00 bits per heavy atom. The van der Waals surface area contributed by atoms with E-state index in [-0.39, 0.29) is 12.5 Å². The highest BCUT2D eigenvalue weighted by Gasteiger charge is 2.13. The smallest absolute Gasteiger partial charge is 0.241 e. The summed E-state index contributed by atoms with van der Waals surface area (Å²) in [4.78, 5) is 25.7. The fraction of sp³-hybridized carbons (Fsp3) is 0.333. The van der Waals surface area contributed by atoms with E-state index >= 15 is 0 Å². The Bertz CT molecular complexity index is 433. The molecular weight excluding hydrogens is 240 g/mol. The molecule has 0 heterocycles. The predicted octanol–water partition coefficient (Wildman–Crippen LogP) is 1.68. The Kier molecular flexibility index (Phi) is 4.52. The first kappa shape index (κ1) is 13.5. The third-order valence-corrected chi connectivity index (χ3v) is 2.76. The van der Waals surface area contributed by atoms with Gasteiger partial charge in [0.15, 0.2) is 6.29 Å². The Morgan fingerprint density at radius 3 is 2.53 bits per heavy atom. The van der Waals surface area contributed by atoms with E-state index in [0.717, 1.165) is 0 Å². The lowest BCUT2D eigenvalue weighted by Gasteiger charge is -2.22. The Morgan fingerprint density at radius 1 is 1.35 bits per heavy atom. The lowest BCUT2D eigenvalue weighted by atomic mass is 10.2. The molecule has 0 atom stereocenters. The van der Waals surface area contributed by atoms with E-state index in [4.69, 9.17) is 11.6 Å². The van der Waals surface area contributed by atoms with E-state index in [2.05, 4.69) is 0 Å². The van der Waals surface area contributed by atoms with Crippen LogP contribution in [-0.2, 0) is 4.79 Å². The monoisotopic (exact) mass is 254 g/mol. The summed E-state index contributed by atoms with van der Waals surface area (Å²) < 4.78 is 0. The normalized spacial score (nSPS) is 9.88. The van der Waals surface area contributed by atoms with Crippen molar-refractivity contribution in [3.8, 4) is 0 Å². The molecule has 92 valence electrons. The third-order valence-electron chi connectivity index (χ3n) is 2.43. The predicted molar refractivity (Wildman–Crippen MR) is 68.8 cm³/mol. The number of carbonyl (C=O) groups is 2. The first-order chi connectivity index (χ1) is 7.97. The molecule has 0 unspecified atom stereocenters. The van der Waals surface area contributed by atoms with E-state index < -0.39 is 0 Å². The zero-order valence-corrected chi connectivity index (χ0v) is 10.9. The van der Waals surface area contributed by atoms with Crippen molar-refractivity contribution >= 4 is 29.5 Å². The van der Waals surface area contributed by atoms with Crippen molar-refractivity contribution < 1.29 is 9.59 Å². The van der Waals surface area contributed by atoms with Crippen LogP contribution in [0.5, 0.6) is 0 Å². The summed E-state index contributed by atoms with van der Waals surface area (Å²) >= 11 is 5.92. The molecule has 0 aromatic heterocycles. The molecule has 0 spiro atoms. The van der Waals surface area contributed by atoms with Gasteiger partial charge < -0.3 is 9.80 Å². The Labute approximate surface area is 106 Å². The van der Waals surface area contributed by atoms with Gasteiger partial charge in [-0.2, -0.15) is 0 Å². The third kappa shape index (κ3) is 3.20. The maximum absolute atomic E-state index is 11.6. The van der Waals surface area contributed by atoms with E-state index in [0.29, 0.717) is 22.6 Å². The molecule has 0 aliphatic carbocycles. The summed E-state index contributed by atoms with van der Waals surface area (Å²) in [6.45, 7) is 0.203. The van der Waals surface area contributed by atoms with Crippen molar-refractivity contribution in [1.82, 2.24) is 4.90 Å². The number of nitrogens with zero attached hydrogens (tertiary/aromatic N) is 2. The Hall–Kier alpha value is -1.55. The lowest BCUT2D eigenvalue weighted by molar-refractivity contribution is -0.127. The van der Waals surface area contributed by atoms with E-state index in [9.17, 15) is 9.59 Å². The van der Waals surface area contributed by atoms with Gasteiger partial charge in [-0.05, 0) is 12.1 Å². The second kappa shape index (κ2) is 5.68. The van der Waals surface area contributed by atoms with Crippen LogP contribution in [0.4, 0.5) is 5.69 Å². The van der Waals surface area contributed by atoms with Gasteiger partial charge in [-0.1, -0.05) is 17.7 Å². The number of amides is 1. The molecule has 4 nitrogen and oxygen atoms in total. The molecule has 1 amide bonds. The van der Waals surface area contributed by atoms with E-state index in [1.807, 2.05) is 0 Å². The molecule has 5 heteroatoms. The van der Waals surface area contributed by atoms with Crippen LogP contribution in [0.2, 0.25) is 5.02 Å². The second-order valence-corrected chi connectivity index (χ2v) is 4.34. The minimum absolute atomic E-state index is 0.0377. The van der Waals surface area contributed by atoms with Gasteiger partial charge in [-0.3, -0.25) is 9.59 Å². The summed E-state index contributed by atoms with van der Waals surface area (Å²) in [6.07, 6.45) is 0.703. The highest BCUT2D eigenvalue weighted by atomic mass is 35.5. The maximum Gasteiger partial charge on any atom is 0.241 e. The van der Waals surface area contributed by atoms with Crippen LogP contribution in [0.3, 0.4) is 0 Å². The van der Waals surface area contributed by atoms with Crippen molar-refractivity contribution in [3.05, 3.63) is 28.8 Å². The first-order valence-corrected chi connectivity index (χ1v) is 5.50. The topological polar surface area (TPSA) is 40.6 Å². The lowest BCUT2D eigenvalue weighted by Crippen LogP contribution is -2.34. The number of rotatable bonds is 4. The van der Waals surface area contributed by atoms with Crippen LogP contribution in [0, 0.1) is 0 Å². The number of benzene rings is 1. The van der Waals surface area contributed by atoms with Crippen LogP contribution in [-0.4, -0.2) is 44.8 Å². The molecule has 0 saturated heterocycles. The fourth-order valence-corrected chi connectivity index (χ4v) is 1.62. The van der Waals surface area contributed by atoms with Crippen LogP contribution in [0.15, 0.2) is 18.2 Å². The second-order valence-electron chi connectivity index (χ2n) is 3.93. The minimum Gasteiger partial charge on any atom is -0.365 e. The number of halogens is 1. The van der Waals surface area contributed by atoms with E-state index in [1.165, 1.54) is 4.90 Å². The molecule has 0 N–H and O–H groups in total. The summed E-state index contributed by atoms with van der Waals surface area (Å²) in [6, 6.07) is 5.16. The van der Waals surface area contributed by atoms with Crippen molar-refractivity contribution in [3.63, 3.8) is 0 Å². The highest BCUT2D eigenvalue weighted by molar-refractivity contribution is 6.33. The summed E-state index contributed by atoms with van der Waals surface area (Å²) in [7, 11) is 5.13. The number of carbonyl (C=O) groups excluding carboxylic acids is 2. The molecule has 17 heavy (non-hydrogen) atoms. The highest BCUT2D eigenvalue weighted by Crippen LogP contribution is 2.24. The molecule has 0 bridgehead atoms. The van der Waals surface area contributed by atoms with Gasteiger partial charge in [0.2, 0.25) is 5.91 Å². The molecule has 1 aromatic rings. The zero-order valence-electron chi connectivity index (χ0n) is 10.1. The van der Waals surface area contributed by atoms with Crippen LogP contribution in [0.25, 0.3) is 0 Å². The van der Waals surface area contributed by atoms with Crippen LogP contribution < -0.4 is 4.90 Å². The van der Waals surface area contributed by atoms with Gasteiger partial charge >= 0.3 is 0 Å². The molecule has 1 rings (SSSR count). The summed E-state index contributed by atoms with van der Waals surface area (Å²) in [5.74, 6) is -0.0377. The molecule has 1 aromatic carbocycles. The van der Waals surface area contributed by atoms with Crippen molar-refractivity contribution in [2.75, 3.05) is 32.6 Å². The number of hydrogen-bond acceptors (Lipinski definition) is 3. The van der Waals surface area contributed by atoms with Gasteiger partial charge in [0.1, 0.15) is 0 Å². The van der Waals surface area contributed by atoms with Gasteiger partial charge in [-0.25, -0.2) is 0 Å². The van der Waals surface area contributed by atoms with Crippen LogP contribution >= 0.6 is 11.6 Å². The standard InChI is InChI=1S/C12H15ClN2O2/c1-14(2)12(17)7-15(3)11-6-4-5-10(13)9(11)8-16/h4-6,8H,7H2,1-3H3. The zero-order chi connectivity index (χ0) is 13.0. The van der Waals surface area contributed by atoms with Gasteiger partial charge in [-0.15, -0.1) is 0 Å². The minimum atomic E-state index is -0.0377. The average molecular weight is 255 g/mol. The van der Waals surface area contributed by atoms with Gasteiger partial charge in [0.05, 0.1) is 17.1 Å². The summed E-state index contributed by atoms with van der Waals surface area (Å²) in [5.41, 5.74) is 1.06. The number of anilines is 1. The quantitative estimate of drug-likeness (QED) is 0.768.